The number of likely N-dealkylation sites (tertiary alicyclic amines) is 1. The van der Waals surface area contributed by atoms with Crippen LogP contribution in [0.15, 0.2) is 47.2 Å². The van der Waals surface area contributed by atoms with E-state index >= 15 is 0 Å². The Balaban J connectivity index is 1.26. The zero-order valence-electron chi connectivity index (χ0n) is 16.1. The molecule has 2 aromatic heterocycles. The highest BCUT2D eigenvalue weighted by atomic mass is 16.5. The number of hydrogen-bond donors (Lipinski definition) is 2. The molecule has 0 bridgehead atoms. The van der Waals surface area contributed by atoms with E-state index in [0.717, 1.165) is 24.3 Å². The first-order chi connectivity index (χ1) is 14.0. The molecule has 8 heteroatoms. The van der Waals surface area contributed by atoms with Gasteiger partial charge < -0.3 is 24.8 Å². The molecule has 2 aliphatic rings. The molecule has 1 unspecified atom stereocenters. The summed E-state index contributed by atoms with van der Waals surface area (Å²) in [5, 5.41) is 13.9. The number of primary amides is 1. The number of nitrogens with two attached hydrogens (primary N) is 1. The Hall–Kier alpha value is -3.13. The monoisotopic (exact) mass is 393 g/mol. The molecule has 29 heavy (non-hydrogen) atoms. The van der Waals surface area contributed by atoms with Gasteiger partial charge >= 0.3 is 6.03 Å². The quantitative estimate of drug-likeness (QED) is 0.691. The molecule has 3 heterocycles. The average molecular weight is 393 g/mol. The van der Waals surface area contributed by atoms with Crippen molar-refractivity contribution in [1.82, 2.24) is 19.6 Å². The summed E-state index contributed by atoms with van der Waals surface area (Å²) in [7, 11) is 0. The average Bonchev–Trinajstić information content (AvgIpc) is 3.19. The lowest BCUT2D eigenvalue weighted by molar-refractivity contribution is 0.184. The van der Waals surface area contributed by atoms with Gasteiger partial charge in [-0.3, -0.25) is 0 Å². The van der Waals surface area contributed by atoms with Gasteiger partial charge in [0, 0.05) is 37.1 Å². The van der Waals surface area contributed by atoms with Gasteiger partial charge in [0.05, 0.1) is 6.54 Å². The van der Waals surface area contributed by atoms with E-state index in [1.54, 1.807) is 18.0 Å². The van der Waals surface area contributed by atoms with Crippen LogP contribution in [0.1, 0.15) is 36.0 Å². The van der Waals surface area contributed by atoms with Crippen LogP contribution >= 0.6 is 0 Å². The first-order valence-electron chi connectivity index (χ1n) is 9.80. The van der Waals surface area contributed by atoms with Crippen molar-refractivity contribution in [2.24, 2.45) is 17.6 Å². The molecule has 8 nitrogen and oxygen atoms in total. The van der Waals surface area contributed by atoms with Crippen LogP contribution in [0, 0.1) is 11.8 Å². The Labute approximate surface area is 167 Å². The van der Waals surface area contributed by atoms with Crippen molar-refractivity contribution in [1.29, 1.82) is 0 Å². The van der Waals surface area contributed by atoms with E-state index in [-0.39, 0.29) is 6.03 Å². The van der Waals surface area contributed by atoms with Gasteiger partial charge in [0.1, 0.15) is 17.6 Å². The largest absolute Gasteiger partial charge is 0.385 e. The number of piperidine rings is 1. The van der Waals surface area contributed by atoms with Crippen molar-refractivity contribution in [3.63, 3.8) is 0 Å². The predicted molar refractivity (Wildman–Crippen MR) is 105 cm³/mol. The molecule has 3 N–H and O–H groups in total. The van der Waals surface area contributed by atoms with Crippen LogP contribution < -0.4 is 5.73 Å². The molecule has 1 saturated carbocycles. The fourth-order valence-electron chi connectivity index (χ4n) is 4.59. The summed E-state index contributed by atoms with van der Waals surface area (Å²) in [5.41, 5.74) is 8.41. The first-order valence-corrected chi connectivity index (χ1v) is 9.80. The molecule has 3 aromatic rings. The normalized spacial score (nSPS) is 23.8. The molecular weight excluding hydrogens is 370 g/mol. The summed E-state index contributed by atoms with van der Waals surface area (Å²) < 4.78 is 7.38. The zero-order valence-corrected chi connectivity index (χ0v) is 16.1. The minimum absolute atomic E-state index is 0.316. The molecule has 5 rings (SSSR count). The van der Waals surface area contributed by atoms with Gasteiger partial charge in [-0.2, -0.15) is 0 Å². The number of carbonyl (C=O) groups excluding carboxylic acids is 1. The van der Waals surface area contributed by atoms with Crippen LogP contribution in [-0.4, -0.2) is 43.8 Å². The maximum atomic E-state index is 11.3. The number of aromatic nitrogens is 3. The predicted octanol–water partition coefficient (Wildman–Crippen LogP) is 2.36. The number of imidazole rings is 1. The molecule has 0 spiro atoms. The summed E-state index contributed by atoms with van der Waals surface area (Å²) in [5.74, 6) is 2.89. The number of fused-ring (bicyclic) bond motifs is 1. The maximum Gasteiger partial charge on any atom is 0.314 e. The molecule has 1 aliphatic heterocycles. The summed E-state index contributed by atoms with van der Waals surface area (Å²) in [6.07, 6.45) is 2.84. The zero-order chi connectivity index (χ0) is 20.1. The number of rotatable bonds is 5. The smallest absolute Gasteiger partial charge is 0.314 e. The fourth-order valence-corrected chi connectivity index (χ4v) is 4.59. The summed E-state index contributed by atoms with van der Waals surface area (Å²) >= 11 is 0. The lowest BCUT2D eigenvalue weighted by Crippen LogP contribution is -2.35. The van der Waals surface area contributed by atoms with E-state index in [9.17, 15) is 9.90 Å². The van der Waals surface area contributed by atoms with Gasteiger partial charge in [0.15, 0.2) is 5.76 Å². The van der Waals surface area contributed by atoms with Crippen molar-refractivity contribution in [2.75, 3.05) is 13.1 Å². The van der Waals surface area contributed by atoms with Gasteiger partial charge in [0.2, 0.25) is 0 Å². The van der Waals surface area contributed by atoms with Gasteiger partial charge in [-0.25, -0.2) is 9.78 Å². The molecule has 2 amide bonds. The number of carbonyl (C=O) groups is 1. The van der Waals surface area contributed by atoms with Crippen LogP contribution in [0.3, 0.4) is 0 Å². The van der Waals surface area contributed by atoms with Crippen molar-refractivity contribution in [3.05, 3.63) is 59.8 Å². The third-order valence-electron chi connectivity index (χ3n) is 6.10. The van der Waals surface area contributed by atoms with Crippen molar-refractivity contribution in [3.8, 4) is 11.3 Å². The fraction of sp³-hybridized carbons (Fsp3) is 0.381. The highest BCUT2D eigenvalue weighted by molar-refractivity contribution is 5.72. The van der Waals surface area contributed by atoms with Crippen LogP contribution in [0.25, 0.3) is 11.3 Å². The second-order valence-electron chi connectivity index (χ2n) is 7.99. The summed E-state index contributed by atoms with van der Waals surface area (Å²) in [6, 6.07) is 9.98. The summed E-state index contributed by atoms with van der Waals surface area (Å²) in [6.45, 7) is 3.71. The lowest BCUT2D eigenvalue weighted by atomic mass is 10.0. The Bertz CT molecular complexity index is 1030. The van der Waals surface area contributed by atoms with Gasteiger partial charge in [0.25, 0.3) is 0 Å². The van der Waals surface area contributed by atoms with Crippen LogP contribution in [-0.2, 0) is 6.54 Å². The Kier molecular flexibility index (Phi) is 4.16. The van der Waals surface area contributed by atoms with E-state index in [1.165, 1.54) is 5.56 Å². The molecule has 2 fully saturated rings. The minimum atomic E-state index is -0.638. The highest BCUT2D eigenvalue weighted by Crippen LogP contribution is 2.58. The van der Waals surface area contributed by atoms with E-state index < -0.39 is 6.10 Å². The van der Waals surface area contributed by atoms with Gasteiger partial charge in [-0.15, -0.1) is 0 Å². The lowest BCUT2D eigenvalue weighted by Gasteiger charge is -2.17. The molecule has 1 saturated heterocycles. The highest BCUT2D eigenvalue weighted by Gasteiger charge is 2.56. The third kappa shape index (κ3) is 3.19. The van der Waals surface area contributed by atoms with Crippen LogP contribution in [0.4, 0.5) is 4.79 Å². The number of urea groups is 1. The van der Waals surface area contributed by atoms with Gasteiger partial charge in [-0.05, 0) is 30.2 Å². The van der Waals surface area contributed by atoms with Gasteiger partial charge in [-0.1, -0.05) is 29.4 Å². The Morgan fingerprint density at radius 3 is 2.69 bits per heavy atom. The van der Waals surface area contributed by atoms with Crippen molar-refractivity contribution in [2.45, 2.75) is 25.5 Å². The summed E-state index contributed by atoms with van der Waals surface area (Å²) in [4.78, 5) is 17.2. The molecule has 4 atom stereocenters. The standard InChI is InChI=1S/C21H23N5O3/c1-12(27)20-23-6-7-25(20)9-15-8-18(29-24-15)13-2-4-14(5-3-13)19-16-10-26(21(22)28)11-17(16)19/h2-8,12,16-17,19,27H,9-11H2,1H3,(H2,22,28)/t12-,16-,17+,19?/m0/s1. The topological polar surface area (TPSA) is 110 Å². The second kappa shape index (κ2) is 6.73. The SMILES string of the molecule is C[C@H](O)c1nccn1Cc1cc(-c2ccc(C3[C@H]4CN(C(N)=O)C[C@@H]34)cc2)on1. The van der Waals surface area contributed by atoms with Crippen molar-refractivity contribution < 1.29 is 14.4 Å². The number of aliphatic hydroxyl groups is 1. The molecule has 150 valence electrons. The minimum Gasteiger partial charge on any atom is -0.385 e. The third-order valence-corrected chi connectivity index (χ3v) is 6.10. The Morgan fingerprint density at radius 2 is 2.03 bits per heavy atom. The number of nitrogens with zero attached hydrogens (tertiary/aromatic N) is 4. The van der Waals surface area contributed by atoms with Crippen LogP contribution in [0.5, 0.6) is 0 Å². The molecular formula is C21H23N5O3. The van der Waals surface area contributed by atoms with Crippen LogP contribution in [0.2, 0.25) is 0 Å². The van der Waals surface area contributed by atoms with E-state index in [2.05, 4.69) is 34.4 Å². The number of hydrogen-bond acceptors (Lipinski definition) is 5. The molecule has 0 radical (unpaired) electrons. The van der Waals surface area contributed by atoms with E-state index in [0.29, 0.717) is 35.9 Å². The number of amides is 2. The van der Waals surface area contributed by atoms with Crippen molar-refractivity contribution >= 4 is 6.03 Å². The van der Waals surface area contributed by atoms with E-state index in [4.69, 9.17) is 10.3 Å². The first kappa shape index (κ1) is 17.9. The molecule has 1 aliphatic carbocycles. The maximum absolute atomic E-state index is 11.3. The Morgan fingerprint density at radius 1 is 1.31 bits per heavy atom. The van der Waals surface area contributed by atoms with E-state index in [1.807, 2.05) is 16.8 Å². The number of aliphatic hydroxyl groups excluding tert-OH is 1. The molecule has 1 aromatic carbocycles. The second-order valence-corrected chi connectivity index (χ2v) is 7.99. The number of benzene rings is 1.